The number of hydrogen-bond acceptors (Lipinski definition) is 5. The Morgan fingerprint density at radius 3 is 2.81 bits per heavy atom. The van der Waals surface area contributed by atoms with Crippen LogP contribution in [0.2, 0.25) is 0 Å². The molecule has 0 radical (unpaired) electrons. The highest BCUT2D eigenvalue weighted by atomic mass is 16.1. The van der Waals surface area contributed by atoms with Crippen LogP contribution < -0.4 is 0 Å². The van der Waals surface area contributed by atoms with Crippen molar-refractivity contribution in [3.63, 3.8) is 0 Å². The molecule has 0 saturated heterocycles. The molecule has 0 amide bonds. The number of Topliss-reactive ketones (excluding diaryl/α,β-unsaturated/α-hetero) is 1. The van der Waals surface area contributed by atoms with Crippen molar-refractivity contribution in [1.82, 2.24) is 29.3 Å². The van der Waals surface area contributed by atoms with Gasteiger partial charge in [-0.15, -0.1) is 0 Å². The number of carbonyl (C=O) groups is 1. The van der Waals surface area contributed by atoms with E-state index in [9.17, 15) is 4.79 Å². The standard InChI is InChI=1S/C24H24N6O/c1-16-8-10-25-24(27-16)19-14-26-29(2)23(19)21(31)12-17-9-11-30-15-20(28-22(30)13-17)18-6-4-3-5-7-18/h3-8,10,14-15,17H,9,11-13H2,1-2H3. The van der Waals surface area contributed by atoms with Crippen molar-refractivity contribution in [3.05, 3.63) is 72.2 Å². The van der Waals surface area contributed by atoms with E-state index < -0.39 is 0 Å². The first-order chi connectivity index (χ1) is 15.1. The average Bonchev–Trinajstić information content (AvgIpc) is 3.37. The number of fused-ring (bicyclic) bond motifs is 1. The lowest BCUT2D eigenvalue weighted by molar-refractivity contribution is 0.0945. The van der Waals surface area contributed by atoms with Gasteiger partial charge in [-0.05, 0) is 25.3 Å². The van der Waals surface area contributed by atoms with E-state index in [4.69, 9.17) is 4.98 Å². The van der Waals surface area contributed by atoms with Crippen LogP contribution in [-0.2, 0) is 20.0 Å². The van der Waals surface area contributed by atoms with Crippen LogP contribution in [0.5, 0.6) is 0 Å². The highest BCUT2D eigenvalue weighted by Crippen LogP contribution is 2.29. The van der Waals surface area contributed by atoms with Crippen LogP contribution in [0.3, 0.4) is 0 Å². The summed E-state index contributed by atoms with van der Waals surface area (Å²) in [5.74, 6) is 1.93. The number of nitrogens with zero attached hydrogens (tertiary/aromatic N) is 6. The van der Waals surface area contributed by atoms with Gasteiger partial charge in [-0.2, -0.15) is 5.10 Å². The van der Waals surface area contributed by atoms with E-state index in [1.807, 2.05) is 31.2 Å². The number of imidazole rings is 1. The minimum Gasteiger partial charge on any atom is -0.334 e. The number of hydrogen-bond donors (Lipinski definition) is 0. The molecule has 0 aliphatic carbocycles. The molecule has 156 valence electrons. The van der Waals surface area contributed by atoms with Gasteiger partial charge in [0.2, 0.25) is 0 Å². The second kappa shape index (κ2) is 7.91. The molecule has 0 spiro atoms. The third-order valence-corrected chi connectivity index (χ3v) is 5.89. The smallest absolute Gasteiger partial charge is 0.181 e. The molecule has 7 heteroatoms. The maximum Gasteiger partial charge on any atom is 0.181 e. The third kappa shape index (κ3) is 3.79. The second-order valence-electron chi connectivity index (χ2n) is 8.14. The van der Waals surface area contributed by atoms with Crippen molar-refractivity contribution in [1.29, 1.82) is 0 Å². The SMILES string of the molecule is Cc1ccnc(-c2cnn(C)c2C(=O)CC2CCn3cc(-c4ccccc4)nc3C2)n1. The average molecular weight is 412 g/mol. The molecule has 0 saturated carbocycles. The van der Waals surface area contributed by atoms with Gasteiger partial charge in [0.25, 0.3) is 0 Å². The lowest BCUT2D eigenvalue weighted by Gasteiger charge is -2.22. The van der Waals surface area contributed by atoms with Crippen LogP contribution in [-0.4, -0.2) is 35.1 Å². The molecule has 1 aliphatic rings. The van der Waals surface area contributed by atoms with E-state index in [-0.39, 0.29) is 11.7 Å². The lowest BCUT2D eigenvalue weighted by Crippen LogP contribution is -2.22. The first-order valence-electron chi connectivity index (χ1n) is 10.5. The molecule has 3 aromatic heterocycles. The normalized spacial score (nSPS) is 15.6. The number of rotatable bonds is 5. The molecular formula is C24H24N6O. The van der Waals surface area contributed by atoms with Gasteiger partial charge in [0.15, 0.2) is 11.6 Å². The number of carbonyl (C=O) groups excluding carboxylic acids is 1. The number of aromatic nitrogens is 6. The van der Waals surface area contributed by atoms with Gasteiger partial charge >= 0.3 is 0 Å². The molecule has 0 N–H and O–H groups in total. The summed E-state index contributed by atoms with van der Waals surface area (Å²) < 4.78 is 3.86. The lowest BCUT2D eigenvalue weighted by atomic mass is 9.91. The zero-order chi connectivity index (χ0) is 21.4. The molecule has 1 aromatic carbocycles. The largest absolute Gasteiger partial charge is 0.334 e. The zero-order valence-corrected chi connectivity index (χ0v) is 17.7. The molecule has 7 nitrogen and oxygen atoms in total. The fourth-order valence-electron chi connectivity index (χ4n) is 4.28. The van der Waals surface area contributed by atoms with Crippen molar-refractivity contribution >= 4 is 5.78 Å². The predicted octanol–water partition coefficient (Wildman–Crippen LogP) is 3.88. The maximum atomic E-state index is 13.3. The van der Waals surface area contributed by atoms with Crippen LogP contribution in [0.4, 0.5) is 0 Å². The summed E-state index contributed by atoms with van der Waals surface area (Å²) in [6, 6.07) is 12.1. The molecule has 5 rings (SSSR count). The second-order valence-corrected chi connectivity index (χ2v) is 8.14. The monoisotopic (exact) mass is 412 g/mol. The van der Waals surface area contributed by atoms with E-state index >= 15 is 0 Å². The first kappa shape index (κ1) is 19.4. The fourth-order valence-corrected chi connectivity index (χ4v) is 4.28. The highest BCUT2D eigenvalue weighted by molar-refractivity contribution is 6.00. The van der Waals surface area contributed by atoms with Gasteiger partial charge in [-0.3, -0.25) is 9.48 Å². The zero-order valence-electron chi connectivity index (χ0n) is 17.7. The van der Waals surface area contributed by atoms with Crippen LogP contribution in [0, 0.1) is 12.8 Å². The number of ketones is 1. The van der Waals surface area contributed by atoms with Gasteiger partial charge in [-0.25, -0.2) is 15.0 Å². The van der Waals surface area contributed by atoms with Gasteiger partial charge in [0, 0.05) is 50.1 Å². The van der Waals surface area contributed by atoms with Crippen molar-refractivity contribution < 1.29 is 4.79 Å². The fraction of sp³-hybridized carbons (Fsp3) is 0.292. The Hall–Kier alpha value is -3.61. The Kier molecular flexibility index (Phi) is 4.94. The Balaban J connectivity index is 1.35. The molecule has 1 unspecified atom stereocenters. The van der Waals surface area contributed by atoms with Gasteiger partial charge in [-0.1, -0.05) is 30.3 Å². The molecule has 4 aromatic rings. The number of benzene rings is 1. The maximum absolute atomic E-state index is 13.3. The molecule has 0 fully saturated rings. The Bertz CT molecular complexity index is 1240. The van der Waals surface area contributed by atoms with Gasteiger partial charge < -0.3 is 4.57 Å². The van der Waals surface area contributed by atoms with Crippen LogP contribution in [0.25, 0.3) is 22.6 Å². The summed E-state index contributed by atoms with van der Waals surface area (Å²) in [5.41, 5.74) is 4.24. The van der Waals surface area contributed by atoms with E-state index in [1.54, 1.807) is 24.1 Å². The topological polar surface area (TPSA) is 78.5 Å². The molecule has 0 bridgehead atoms. The van der Waals surface area contributed by atoms with Crippen molar-refractivity contribution in [2.24, 2.45) is 13.0 Å². The predicted molar refractivity (Wildman–Crippen MR) is 117 cm³/mol. The highest BCUT2D eigenvalue weighted by Gasteiger charge is 2.27. The van der Waals surface area contributed by atoms with Gasteiger partial charge in [0.1, 0.15) is 11.5 Å². The minimum atomic E-state index is 0.0772. The Morgan fingerprint density at radius 1 is 1.16 bits per heavy atom. The van der Waals surface area contributed by atoms with E-state index in [0.29, 0.717) is 23.5 Å². The molecular weight excluding hydrogens is 388 g/mol. The third-order valence-electron chi connectivity index (χ3n) is 5.89. The summed E-state index contributed by atoms with van der Waals surface area (Å²) in [4.78, 5) is 26.9. The molecule has 1 atom stereocenters. The quantitative estimate of drug-likeness (QED) is 0.465. The van der Waals surface area contributed by atoms with Crippen molar-refractivity contribution in [3.8, 4) is 22.6 Å². The van der Waals surface area contributed by atoms with Gasteiger partial charge in [0.05, 0.1) is 17.5 Å². The van der Waals surface area contributed by atoms with Crippen molar-refractivity contribution in [2.75, 3.05) is 0 Å². The Morgan fingerprint density at radius 2 is 2.00 bits per heavy atom. The van der Waals surface area contributed by atoms with E-state index in [0.717, 1.165) is 42.2 Å². The summed E-state index contributed by atoms with van der Waals surface area (Å²) in [6.45, 7) is 2.79. The summed E-state index contributed by atoms with van der Waals surface area (Å²) in [5, 5.41) is 4.31. The summed E-state index contributed by atoms with van der Waals surface area (Å²) in [6.07, 6.45) is 7.74. The molecule has 31 heavy (non-hydrogen) atoms. The summed E-state index contributed by atoms with van der Waals surface area (Å²) >= 11 is 0. The minimum absolute atomic E-state index is 0.0772. The van der Waals surface area contributed by atoms with Crippen LogP contribution in [0.1, 0.15) is 34.8 Å². The van der Waals surface area contributed by atoms with E-state index in [1.165, 1.54) is 0 Å². The number of aryl methyl sites for hydroxylation is 3. The molecule has 1 aliphatic heterocycles. The first-order valence-corrected chi connectivity index (χ1v) is 10.5. The summed E-state index contributed by atoms with van der Waals surface area (Å²) in [7, 11) is 1.80. The van der Waals surface area contributed by atoms with E-state index in [2.05, 4.69) is 38.0 Å². The van der Waals surface area contributed by atoms with Crippen LogP contribution in [0.15, 0.2) is 55.0 Å². The molecule has 4 heterocycles. The van der Waals surface area contributed by atoms with Crippen molar-refractivity contribution in [2.45, 2.75) is 32.7 Å². The van der Waals surface area contributed by atoms with Crippen LogP contribution >= 0.6 is 0 Å². The Labute approximate surface area is 180 Å².